The summed E-state index contributed by atoms with van der Waals surface area (Å²) in [7, 11) is 0. The summed E-state index contributed by atoms with van der Waals surface area (Å²) in [6.45, 7) is 3.42. The van der Waals surface area contributed by atoms with E-state index in [0.717, 1.165) is 24.6 Å². The maximum absolute atomic E-state index is 6.13. The molecule has 1 aliphatic heterocycles. The molecule has 0 aromatic carbocycles. The lowest BCUT2D eigenvalue weighted by Crippen LogP contribution is -2.50. The van der Waals surface area contributed by atoms with Crippen LogP contribution in [0.2, 0.25) is 0 Å². The van der Waals surface area contributed by atoms with Gasteiger partial charge in [0.05, 0.1) is 5.60 Å². The number of hydrogen-bond donors (Lipinski definition) is 1. The molecule has 1 saturated heterocycles. The summed E-state index contributed by atoms with van der Waals surface area (Å²) in [5, 5.41) is 3.98. The van der Waals surface area contributed by atoms with Gasteiger partial charge in [-0.2, -0.15) is 0 Å². The van der Waals surface area contributed by atoms with E-state index in [1.807, 2.05) is 0 Å². The van der Waals surface area contributed by atoms with Gasteiger partial charge in [-0.3, -0.25) is 0 Å². The van der Waals surface area contributed by atoms with Gasteiger partial charge in [-0.1, -0.05) is 32.6 Å². The molecule has 2 aliphatic carbocycles. The molecule has 0 amide bonds. The van der Waals surface area contributed by atoms with E-state index < -0.39 is 0 Å². The average Bonchev–Trinajstić information content (AvgIpc) is 2.80. The highest BCUT2D eigenvalue weighted by molar-refractivity contribution is 4.95. The molecule has 2 heteroatoms. The summed E-state index contributed by atoms with van der Waals surface area (Å²) >= 11 is 0. The smallest absolute Gasteiger partial charge is 0.0697 e. The van der Waals surface area contributed by atoms with Gasteiger partial charge in [0.2, 0.25) is 0 Å². The molecule has 3 atom stereocenters. The fourth-order valence-electron chi connectivity index (χ4n) is 4.40. The third kappa shape index (κ3) is 2.75. The van der Waals surface area contributed by atoms with E-state index in [2.05, 4.69) is 12.2 Å². The van der Waals surface area contributed by atoms with Crippen LogP contribution in [0.5, 0.6) is 0 Å². The van der Waals surface area contributed by atoms with E-state index in [4.69, 9.17) is 4.74 Å². The van der Waals surface area contributed by atoms with Crippen molar-refractivity contribution in [3.05, 3.63) is 0 Å². The fourth-order valence-corrected chi connectivity index (χ4v) is 4.40. The van der Waals surface area contributed by atoms with E-state index in [-0.39, 0.29) is 5.60 Å². The first-order valence-corrected chi connectivity index (χ1v) is 8.17. The Morgan fingerprint density at radius 2 is 1.78 bits per heavy atom. The monoisotopic (exact) mass is 251 g/mol. The first-order valence-electron chi connectivity index (χ1n) is 8.17. The average molecular weight is 251 g/mol. The van der Waals surface area contributed by atoms with Crippen molar-refractivity contribution in [1.82, 2.24) is 5.32 Å². The van der Waals surface area contributed by atoms with Crippen molar-refractivity contribution in [1.29, 1.82) is 0 Å². The number of nitrogens with one attached hydrogen (secondary N) is 1. The normalized spacial score (nSPS) is 40.2. The van der Waals surface area contributed by atoms with Crippen LogP contribution in [0.3, 0.4) is 0 Å². The zero-order valence-electron chi connectivity index (χ0n) is 11.9. The van der Waals surface area contributed by atoms with Crippen LogP contribution in [0.15, 0.2) is 0 Å². The van der Waals surface area contributed by atoms with Crippen molar-refractivity contribution in [2.45, 2.75) is 88.8 Å². The first-order chi connectivity index (χ1) is 8.77. The van der Waals surface area contributed by atoms with Crippen molar-refractivity contribution in [3.63, 3.8) is 0 Å². The van der Waals surface area contributed by atoms with Gasteiger partial charge in [-0.15, -0.1) is 0 Å². The molecule has 0 radical (unpaired) electrons. The Morgan fingerprint density at radius 1 is 1.00 bits per heavy atom. The Balaban J connectivity index is 1.55. The summed E-state index contributed by atoms with van der Waals surface area (Å²) in [6, 6.07) is 1.50. The summed E-state index contributed by atoms with van der Waals surface area (Å²) in [4.78, 5) is 0. The largest absolute Gasteiger partial charge is 0.375 e. The van der Waals surface area contributed by atoms with Crippen LogP contribution in [0.1, 0.15) is 71.1 Å². The topological polar surface area (TPSA) is 21.3 Å². The van der Waals surface area contributed by atoms with Gasteiger partial charge in [0.15, 0.2) is 0 Å². The third-order valence-corrected chi connectivity index (χ3v) is 5.57. The van der Waals surface area contributed by atoms with Crippen LogP contribution in [0, 0.1) is 5.92 Å². The molecular formula is C16H29NO. The van der Waals surface area contributed by atoms with E-state index in [1.54, 1.807) is 0 Å². The lowest BCUT2D eigenvalue weighted by Gasteiger charge is -2.41. The highest BCUT2D eigenvalue weighted by Crippen LogP contribution is 2.40. The van der Waals surface area contributed by atoms with Gasteiger partial charge in [-0.25, -0.2) is 0 Å². The van der Waals surface area contributed by atoms with Crippen molar-refractivity contribution in [3.8, 4) is 0 Å². The molecule has 1 N–H and O–H groups in total. The lowest BCUT2D eigenvalue weighted by atomic mass is 9.83. The molecule has 0 aromatic heterocycles. The van der Waals surface area contributed by atoms with Gasteiger partial charge in [-0.05, 0) is 44.4 Å². The summed E-state index contributed by atoms with van der Waals surface area (Å²) < 4.78 is 6.13. The maximum Gasteiger partial charge on any atom is 0.0697 e. The number of hydrogen-bond acceptors (Lipinski definition) is 2. The van der Waals surface area contributed by atoms with Crippen LogP contribution in [-0.2, 0) is 4.74 Å². The zero-order chi connectivity index (χ0) is 12.4. The van der Waals surface area contributed by atoms with Crippen LogP contribution < -0.4 is 5.32 Å². The second-order valence-electron chi connectivity index (χ2n) is 6.96. The minimum Gasteiger partial charge on any atom is -0.375 e. The number of ether oxygens (including phenoxy) is 1. The molecule has 1 heterocycles. The van der Waals surface area contributed by atoms with Gasteiger partial charge < -0.3 is 10.1 Å². The predicted molar refractivity (Wildman–Crippen MR) is 74.7 cm³/mol. The van der Waals surface area contributed by atoms with E-state index >= 15 is 0 Å². The second-order valence-corrected chi connectivity index (χ2v) is 6.96. The molecule has 3 fully saturated rings. The van der Waals surface area contributed by atoms with Crippen molar-refractivity contribution < 1.29 is 4.74 Å². The van der Waals surface area contributed by atoms with Crippen molar-refractivity contribution in [2.75, 3.05) is 6.61 Å². The molecule has 0 aromatic rings. The molecule has 2 nitrogen and oxygen atoms in total. The van der Waals surface area contributed by atoms with Crippen molar-refractivity contribution in [2.24, 2.45) is 5.92 Å². The highest BCUT2D eigenvalue weighted by Gasteiger charge is 2.40. The van der Waals surface area contributed by atoms with E-state index in [0.29, 0.717) is 0 Å². The molecular weight excluding hydrogens is 222 g/mol. The van der Waals surface area contributed by atoms with Gasteiger partial charge in [0, 0.05) is 18.7 Å². The van der Waals surface area contributed by atoms with Gasteiger partial charge in [0.1, 0.15) is 0 Å². The standard InChI is InChI=1S/C16H29NO/c1-13-6-2-3-7-15(13)17-14-8-11-18-16(12-14)9-4-5-10-16/h13-15,17H,2-12H2,1H3. The molecule has 3 rings (SSSR count). The third-order valence-electron chi connectivity index (χ3n) is 5.57. The fraction of sp³-hybridized carbons (Fsp3) is 1.00. The molecule has 1 spiro atoms. The summed E-state index contributed by atoms with van der Waals surface area (Å²) in [5.41, 5.74) is 0.272. The Labute approximate surface area is 112 Å². The van der Waals surface area contributed by atoms with Gasteiger partial charge in [0.25, 0.3) is 0 Å². The minimum absolute atomic E-state index is 0.272. The maximum atomic E-state index is 6.13. The quantitative estimate of drug-likeness (QED) is 0.809. The Morgan fingerprint density at radius 3 is 2.56 bits per heavy atom. The molecule has 104 valence electrons. The van der Waals surface area contributed by atoms with Gasteiger partial charge >= 0.3 is 0 Å². The molecule has 0 bridgehead atoms. The van der Waals surface area contributed by atoms with E-state index in [1.165, 1.54) is 64.2 Å². The zero-order valence-corrected chi connectivity index (χ0v) is 11.9. The van der Waals surface area contributed by atoms with Crippen molar-refractivity contribution >= 4 is 0 Å². The second kappa shape index (κ2) is 5.50. The van der Waals surface area contributed by atoms with Crippen LogP contribution in [-0.4, -0.2) is 24.3 Å². The number of rotatable bonds is 2. The Hall–Kier alpha value is -0.0800. The SMILES string of the molecule is CC1CCCCC1NC1CCOC2(CCCC2)C1. The lowest BCUT2D eigenvalue weighted by molar-refractivity contribution is -0.0857. The summed E-state index contributed by atoms with van der Waals surface area (Å²) in [5.74, 6) is 0.876. The molecule has 3 aliphatic rings. The minimum atomic E-state index is 0.272. The van der Waals surface area contributed by atoms with E-state index in [9.17, 15) is 0 Å². The Bertz CT molecular complexity index is 272. The first kappa shape index (κ1) is 12.9. The predicted octanol–water partition coefficient (Wildman–Crippen LogP) is 3.65. The summed E-state index contributed by atoms with van der Waals surface area (Å²) in [6.07, 6.45) is 13.6. The highest BCUT2D eigenvalue weighted by atomic mass is 16.5. The molecule has 3 unspecified atom stereocenters. The van der Waals surface area contributed by atoms with Crippen LogP contribution in [0.25, 0.3) is 0 Å². The molecule has 18 heavy (non-hydrogen) atoms. The molecule has 2 saturated carbocycles. The Kier molecular flexibility index (Phi) is 3.95. The van der Waals surface area contributed by atoms with Crippen LogP contribution >= 0.6 is 0 Å². The van der Waals surface area contributed by atoms with Crippen LogP contribution in [0.4, 0.5) is 0 Å².